The van der Waals surface area contributed by atoms with E-state index in [-0.39, 0.29) is 18.5 Å². The van der Waals surface area contributed by atoms with E-state index in [0.717, 1.165) is 6.42 Å². The fourth-order valence-electron chi connectivity index (χ4n) is 1.80. The third kappa shape index (κ3) is 2.66. The van der Waals surface area contributed by atoms with Gasteiger partial charge in [0.15, 0.2) is 0 Å². The molecule has 0 saturated carbocycles. The first kappa shape index (κ1) is 11.3. The van der Waals surface area contributed by atoms with E-state index in [1.54, 1.807) is 0 Å². The summed E-state index contributed by atoms with van der Waals surface area (Å²) in [7, 11) is 0. The van der Waals surface area contributed by atoms with E-state index in [9.17, 15) is 0 Å². The predicted octanol–water partition coefficient (Wildman–Crippen LogP) is 1.09. The molecule has 4 nitrogen and oxygen atoms in total. The molecule has 1 fully saturated rings. The highest BCUT2D eigenvalue weighted by Gasteiger charge is 2.28. The molecule has 1 saturated heterocycles. The van der Waals surface area contributed by atoms with Crippen LogP contribution in [0.2, 0.25) is 0 Å². The van der Waals surface area contributed by atoms with Crippen LogP contribution in [0, 0.1) is 0 Å². The van der Waals surface area contributed by atoms with Gasteiger partial charge in [-0.2, -0.15) is 0 Å². The molecular formula is C12H17N3O. The lowest BCUT2D eigenvalue weighted by atomic mass is 10.1. The quantitative estimate of drug-likeness (QED) is 0.745. The second-order valence-corrected chi connectivity index (χ2v) is 3.93. The van der Waals surface area contributed by atoms with Crippen LogP contribution in [0.25, 0.3) is 0 Å². The Morgan fingerprint density at radius 2 is 2.12 bits per heavy atom. The molecule has 1 heterocycles. The molecule has 0 radical (unpaired) electrons. The molecule has 86 valence electrons. The average molecular weight is 219 g/mol. The zero-order valence-corrected chi connectivity index (χ0v) is 9.39. The van der Waals surface area contributed by atoms with Gasteiger partial charge >= 0.3 is 0 Å². The van der Waals surface area contributed by atoms with E-state index in [2.05, 4.69) is 34.7 Å². The molecule has 3 atom stereocenters. The minimum Gasteiger partial charge on any atom is -0.341 e. The van der Waals surface area contributed by atoms with Crippen molar-refractivity contribution < 1.29 is 4.74 Å². The molecule has 0 bridgehead atoms. The van der Waals surface area contributed by atoms with E-state index < -0.39 is 0 Å². The van der Waals surface area contributed by atoms with E-state index in [0.29, 0.717) is 0 Å². The Balaban J connectivity index is 1.98. The summed E-state index contributed by atoms with van der Waals surface area (Å²) in [6.07, 6.45) is 0.744. The summed E-state index contributed by atoms with van der Waals surface area (Å²) in [5.41, 5.74) is 7.32. The predicted molar refractivity (Wildman–Crippen MR) is 64.1 cm³/mol. The van der Waals surface area contributed by atoms with Crippen molar-refractivity contribution >= 4 is 6.72 Å². The van der Waals surface area contributed by atoms with Crippen LogP contribution in [0.4, 0.5) is 0 Å². The van der Waals surface area contributed by atoms with Gasteiger partial charge < -0.3 is 4.74 Å². The van der Waals surface area contributed by atoms with Gasteiger partial charge in [0.2, 0.25) is 0 Å². The number of hydrazine groups is 1. The number of aliphatic imine (C=N–C) groups is 1. The molecule has 4 heteroatoms. The smallest absolute Gasteiger partial charge is 0.145 e. The Kier molecular flexibility index (Phi) is 3.66. The molecule has 1 aliphatic heterocycles. The van der Waals surface area contributed by atoms with E-state index in [4.69, 9.17) is 4.74 Å². The van der Waals surface area contributed by atoms with Gasteiger partial charge in [-0.1, -0.05) is 30.3 Å². The molecule has 2 rings (SSSR count). The van der Waals surface area contributed by atoms with Crippen molar-refractivity contribution in [2.24, 2.45) is 4.99 Å². The lowest BCUT2D eigenvalue weighted by Gasteiger charge is -2.18. The SMILES string of the molecule is C=N[C@@H](Cc1ccccc1)C1NNC(C)O1. The lowest BCUT2D eigenvalue weighted by molar-refractivity contribution is 0.0316. The number of hydrogen-bond acceptors (Lipinski definition) is 4. The number of ether oxygens (including phenoxy) is 1. The second kappa shape index (κ2) is 5.21. The van der Waals surface area contributed by atoms with Gasteiger partial charge in [-0.15, -0.1) is 0 Å². The topological polar surface area (TPSA) is 45.7 Å². The highest BCUT2D eigenvalue weighted by Crippen LogP contribution is 2.13. The summed E-state index contributed by atoms with van der Waals surface area (Å²) in [5.74, 6) is 0. The third-order valence-corrected chi connectivity index (χ3v) is 2.65. The van der Waals surface area contributed by atoms with Crippen LogP contribution in [0.1, 0.15) is 12.5 Å². The summed E-state index contributed by atoms with van der Waals surface area (Å²) in [6, 6.07) is 10.3. The van der Waals surface area contributed by atoms with Crippen LogP contribution in [0.5, 0.6) is 0 Å². The van der Waals surface area contributed by atoms with Crippen LogP contribution in [-0.4, -0.2) is 25.2 Å². The second-order valence-electron chi connectivity index (χ2n) is 3.93. The maximum absolute atomic E-state index is 5.63. The Morgan fingerprint density at radius 3 is 2.69 bits per heavy atom. The first-order chi connectivity index (χ1) is 7.79. The number of hydrogen-bond donors (Lipinski definition) is 2. The molecule has 1 aliphatic rings. The highest BCUT2D eigenvalue weighted by atomic mass is 16.5. The molecule has 1 aromatic carbocycles. The van der Waals surface area contributed by atoms with Crippen molar-refractivity contribution in [2.75, 3.05) is 0 Å². The maximum atomic E-state index is 5.63. The summed E-state index contributed by atoms with van der Waals surface area (Å²) in [5, 5.41) is 0. The summed E-state index contributed by atoms with van der Waals surface area (Å²) >= 11 is 0. The largest absolute Gasteiger partial charge is 0.341 e. The fraction of sp³-hybridized carbons (Fsp3) is 0.417. The fourth-order valence-corrected chi connectivity index (χ4v) is 1.80. The van der Waals surface area contributed by atoms with E-state index in [1.165, 1.54) is 5.56 Å². The summed E-state index contributed by atoms with van der Waals surface area (Å²) < 4.78 is 5.63. The van der Waals surface area contributed by atoms with Gasteiger partial charge in [-0.05, 0) is 25.6 Å². The van der Waals surface area contributed by atoms with Crippen LogP contribution < -0.4 is 10.9 Å². The van der Waals surface area contributed by atoms with Gasteiger partial charge in [0, 0.05) is 0 Å². The zero-order chi connectivity index (χ0) is 11.4. The van der Waals surface area contributed by atoms with Crippen molar-refractivity contribution in [2.45, 2.75) is 31.8 Å². The Labute approximate surface area is 95.7 Å². The minimum absolute atomic E-state index is 0.0185. The van der Waals surface area contributed by atoms with Crippen molar-refractivity contribution in [3.05, 3.63) is 35.9 Å². The standard InChI is InChI=1S/C12H17N3O/c1-9-14-15-12(16-9)11(13-2)8-10-6-4-3-5-7-10/h3-7,9,11-12,14-15H,2,8H2,1H3/t9?,11-,12?/m0/s1. The van der Waals surface area contributed by atoms with Crippen LogP contribution in [-0.2, 0) is 11.2 Å². The van der Waals surface area contributed by atoms with Gasteiger partial charge in [0.05, 0.1) is 6.04 Å². The number of rotatable bonds is 4. The average Bonchev–Trinajstić information content (AvgIpc) is 2.74. The van der Waals surface area contributed by atoms with Crippen molar-refractivity contribution in [3.8, 4) is 0 Å². The maximum Gasteiger partial charge on any atom is 0.145 e. The first-order valence-electron chi connectivity index (χ1n) is 5.46. The van der Waals surface area contributed by atoms with Gasteiger partial charge in [-0.25, -0.2) is 10.9 Å². The van der Waals surface area contributed by atoms with Crippen LogP contribution in [0.15, 0.2) is 35.3 Å². The Morgan fingerprint density at radius 1 is 1.38 bits per heavy atom. The first-order valence-corrected chi connectivity index (χ1v) is 5.46. The van der Waals surface area contributed by atoms with Crippen LogP contribution in [0.3, 0.4) is 0 Å². The van der Waals surface area contributed by atoms with Crippen LogP contribution >= 0.6 is 0 Å². The molecule has 1 aromatic rings. The third-order valence-electron chi connectivity index (χ3n) is 2.65. The Bertz CT molecular complexity index is 341. The van der Waals surface area contributed by atoms with Gasteiger partial charge in [-0.3, -0.25) is 4.99 Å². The molecular weight excluding hydrogens is 202 g/mol. The molecule has 16 heavy (non-hydrogen) atoms. The molecule has 0 aromatic heterocycles. The normalized spacial score (nSPS) is 26.6. The molecule has 0 amide bonds. The van der Waals surface area contributed by atoms with Crippen molar-refractivity contribution in [3.63, 3.8) is 0 Å². The number of benzene rings is 1. The molecule has 2 unspecified atom stereocenters. The van der Waals surface area contributed by atoms with Crippen molar-refractivity contribution in [1.82, 2.24) is 10.9 Å². The zero-order valence-electron chi connectivity index (χ0n) is 9.39. The molecule has 0 aliphatic carbocycles. The van der Waals surface area contributed by atoms with Gasteiger partial charge in [0.25, 0.3) is 0 Å². The number of nitrogens with zero attached hydrogens (tertiary/aromatic N) is 1. The Hall–Kier alpha value is -1.23. The van der Waals surface area contributed by atoms with Crippen molar-refractivity contribution in [1.29, 1.82) is 0 Å². The summed E-state index contributed by atoms with van der Waals surface area (Å²) in [6.45, 7) is 5.58. The van der Waals surface area contributed by atoms with Gasteiger partial charge in [0.1, 0.15) is 12.5 Å². The minimum atomic E-state index is -0.104. The van der Waals surface area contributed by atoms with E-state index in [1.807, 2.05) is 25.1 Å². The number of nitrogens with one attached hydrogen (secondary N) is 2. The lowest BCUT2D eigenvalue weighted by Crippen LogP contribution is -2.40. The molecule has 2 N–H and O–H groups in total. The molecule has 0 spiro atoms. The highest BCUT2D eigenvalue weighted by molar-refractivity contribution is 5.26. The van der Waals surface area contributed by atoms with E-state index >= 15 is 0 Å². The monoisotopic (exact) mass is 219 g/mol. The summed E-state index contributed by atoms with van der Waals surface area (Å²) in [4.78, 5) is 4.12.